The molecule has 1 saturated heterocycles. The molecule has 0 radical (unpaired) electrons. The van der Waals surface area contributed by atoms with Crippen molar-refractivity contribution in [1.29, 1.82) is 0 Å². The van der Waals surface area contributed by atoms with E-state index in [-0.39, 0.29) is 24.2 Å². The second kappa shape index (κ2) is 8.42. The van der Waals surface area contributed by atoms with E-state index in [1.54, 1.807) is 24.3 Å². The van der Waals surface area contributed by atoms with Crippen LogP contribution >= 0.6 is 0 Å². The number of rotatable bonds is 8. The van der Waals surface area contributed by atoms with Crippen LogP contribution in [0.5, 0.6) is 11.5 Å². The average molecular weight is 358 g/mol. The van der Waals surface area contributed by atoms with Crippen LogP contribution in [0.4, 0.5) is 0 Å². The van der Waals surface area contributed by atoms with Crippen LogP contribution in [-0.2, 0) is 16.1 Å². The second-order valence-corrected chi connectivity index (χ2v) is 6.05. The maximum atomic E-state index is 12.3. The molecule has 1 aromatic carbocycles. The zero-order valence-electron chi connectivity index (χ0n) is 14.6. The highest BCUT2D eigenvalue weighted by molar-refractivity contribution is 5.89. The van der Waals surface area contributed by atoms with Crippen LogP contribution in [0.2, 0.25) is 0 Å². The minimum absolute atomic E-state index is 0.0354. The Morgan fingerprint density at radius 2 is 2.08 bits per heavy atom. The molecule has 1 N–H and O–H groups in total. The predicted molar refractivity (Wildman–Crippen MR) is 93.7 cm³/mol. The Hall–Kier alpha value is -2.96. The molecule has 26 heavy (non-hydrogen) atoms. The van der Waals surface area contributed by atoms with Crippen molar-refractivity contribution in [3.63, 3.8) is 0 Å². The van der Waals surface area contributed by atoms with E-state index in [1.807, 2.05) is 30.3 Å². The van der Waals surface area contributed by atoms with Gasteiger partial charge < -0.3 is 24.1 Å². The lowest BCUT2D eigenvalue weighted by molar-refractivity contribution is -0.129. The lowest BCUT2D eigenvalue weighted by Gasteiger charge is -2.15. The Bertz CT molecular complexity index is 744. The second-order valence-electron chi connectivity index (χ2n) is 6.05. The normalized spacial score (nSPS) is 16.6. The van der Waals surface area contributed by atoms with Gasteiger partial charge in [0.1, 0.15) is 12.4 Å². The Kier molecular flexibility index (Phi) is 5.78. The van der Waals surface area contributed by atoms with Crippen LogP contribution in [0.1, 0.15) is 12.2 Å². The Morgan fingerprint density at radius 1 is 1.27 bits per heavy atom. The molecular formula is C19H22N2O5. The molecular weight excluding hydrogens is 336 g/mol. The largest absolute Gasteiger partial charge is 0.493 e. The van der Waals surface area contributed by atoms with Gasteiger partial charge in [0.15, 0.2) is 11.5 Å². The minimum atomic E-state index is -0.344. The molecule has 0 saturated carbocycles. The molecule has 7 nitrogen and oxygen atoms in total. The highest BCUT2D eigenvalue weighted by atomic mass is 16.5. The van der Waals surface area contributed by atoms with E-state index in [0.717, 1.165) is 0 Å². The summed E-state index contributed by atoms with van der Waals surface area (Å²) in [6, 6.07) is 10.9. The third-order valence-corrected chi connectivity index (χ3v) is 4.24. The Labute approximate surface area is 151 Å². The number of nitrogens with one attached hydrogen (secondary N) is 1. The fourth-order valence-corrected chi connectivity index (χ4v) is 2.91. The van der Waals surface area contributed by atoms with Gasteiger partial charge in [-0.2, -0.15) is 0 Å². The lowest BCUT2D eigenvalue weighted by atomic mass is 10.1. The summed E-state index contributed by atoms with van der Waals surface area (Å²) in [5, 5.41) is 2.83. The first-order chi connectivity index (χ1) is 12.7. The van der Waals surface area contributed by atoms with Gasteiger partial charge >= 0.3 is 0 Å². The van der Waals surface area contributed by atoms with Gasteiger partial charge in [-0.3, -0.25) is 9.59 Å². The number of amides is 2. The Morgan fingerprint density at radius 3 is 2.81 bits per heavy atom. The molecule has 0 spiro atoms. The van der Waals surface area contributed by atoms with E-state index in [4.69, 9.17) is 13.9 Å². The van der Waals surface area contributed by atoms with Gasteiger partial charge in [0, 0.05) is 13.0 Å². The third kappa shape index (κ3) is 4.36. The summed E-state index contributed by atoms with van der Waals surface area (Å²) >= 11 is 0. The SMILES string of the molecule is COc1ccccc1OCCNC(=O)C1CC(=O)N(Cc2ccco2)C1. The van der Waals surface area contributed by atoms with Crippen LogP contribution in [0.25, 0.3) is 0 Å². The first kappa shape index (κ1) is 17.8. The average Bonchev–Trinajstić information content (AvgIpc) is 3.29. The molecule has 1 atom stereocenters. The number of likely N-dealkylation sites (tertiary alicyclic amines) is 1. The summed E-state index contributed by atoms with van der Waals surface area (Å²) < 4.78 is 16.1. The van der Waals surface area contributed by atoms with Gasteiger partial charge in [-0.05, 0) is 24.3 Å². The number of carbonyl (C=O) groups is 2. The van der Waals surface area contributed by atoms with Crippen molar-refractivity contribution in [2.24, 2.45) is 5.92 Å². The zero-order valence-corrected chi connectivity index (χ0v) is 14.6. The van der Waals surface area contributed by atoms with Crippen molar-refractivity contribution in [3.8, 4) is 11.5 Å². The molecule has 1 aromatic heterocycles. The van der Waals surface area contributed by atoms with Crippen molar-refractivity contribution in [2.45, 2.75) is 13.0 Å². The van der Waals surface area contributed by atoms with Gasteiger partial charge in [0.25, 0.3) is 0 Å². The molecule has 1 aliphatic heterocycles. The summed E-state index contributed by atoms with van der Waals surface area (Å²) in [5.74, 6) is 1.47. The summed E-state index contributed by atoms with van der Waals surface area (Å²) in [7, 11) is 1.58. The molecule has 1 unspecified atom stereocenters. The van der Waals surface area contributed by atoms with Crippen molar-refractivity contribution in [1.82, 2.24) is 10.2 Å². The molecule has 7 heteroatoms. The van der Waals surface area contributed by atoms with Crippen LogP contribution in [0, 0.1) is 5.92 Å². The van der Waals surface area contributed by atoms with E-state index in [0.29, 0.717) is 43.5 Å². The summed E-state index contributed by atoms with van der Waals surface area (Å²) in [6.45, 7) is 1.48. The van der Waals surface area contributed by atoms with E-state index in [1.165, 1.54) is 0 Å². The smallest absolute Gasteiger partial charge is 0.225 e. The van der Waals surface area contributed by atoms with Gasteiger partial charge in [0.05, 0.1) is 32.4 Å². The van der Waals surface area contributed by atoms with Gasteiger partial charge in [-0.1, -0.05) is 12.1 Å². The van der Waals surface area contributed by atoms with E-state index < -0.39 is 0 Å². The standard InChI is InChI=1S/C19H22N2O5/c1-24-16-6-2-3-7-17(16)26-10-8-20-19(23)14-11-18(22)21(12-14)13-15-5-4-9-25-15/h2-7,9,14H,8,10-13H2,1H3,(H,20,23). The molecule has 2 heterocycles. The lowest BCUT2D eigenvalue weighted by Crippen LogP contribution is -2.35. The zero-order chi connectivity index (χ0) is 18.4. The summed E-state index contributed by atoms with van der Waals surface area (Å²) in [5.41, 5.74) is 0. The number of benzene rings is 1. The number of ether oxygens (including phenoxy) is 2. The topological polar surface area (TPSA) is 81.0 Å². The van der Waals surface area contributed by atoms with E-state index >= 15 is 0 Å². The van der Waals surface area contributed by atoms with Gasteiger partial charge in [0.2, 0.25) is 11.8 Å². The highest BCUT2D eigenvalue weighted by Crippen LogP contribution is 2.25. The molecule has 3 rings (SSSR count). The third-order valence-electron chi connectivity index (χ3n) is 4.24. The number of hydrogen-bond donors (Lipinski definition) is 1. The number of hydrogen-bond acceptors (Lipinski definition) is 5. The number of methoxy groups -OCH3 is 1. The van der Waals surface area contributed by atoms with E-state index in [9.17, 15) is 9.59 Å². The van der Waals surface area contributed by atoms with Gasteiger partial charge in [-0.25, -0.2) is 0 Å². The number of furan rings is 1. The van der Waals surface area contributed by atoms with Crippen molar-refractivity contribution < 1.29 is 23.5 Å². The van der Waals surface area contributed by atoms with Crippen LogP contribution < -0.4 is 14.8 Å². The summed E-state index contributed by atoms with van der Waals surface area (Å²) in [4.78, 5) is 26.0. The molecule has 138 valence electrons. The number of carbonyl (C=O) groups excluding carboxylic acids is 2. The molecule has 2 amide bonds. The minimum Gasteiger partial charge on any atom is -0.493 e. The van der Waals surface area contributed by atoms with Crippen molar-refractivity contribution in [3.05, 3.63) is 48.4 Å². The first-order valence-electron chi connectivity index (χ1n) is 8.51. The van der Waals surface area contributed by atoms with Crippen LogP contribution in [0.3, 0.4) is 0 Å². The fraction of sp³-hybridized carbons (Fsp3) is 0.368. The Balaban J connectivity index is 1.42. The summed E-state index contributed by atoms with van der Waals surface area (Å²) in [6.07, 6.45) is 1.79. The van der Waals surface area contributed by atoms with Gasteiger partial charge in [-0.15, -0.1) is 0 Å². The van der Waals surface area contributed by atoms with Crippen LogP contribution in [-0.4, -0.2) is 43.5 Å². The quantitative estimate of drug-likeness (QED) is 0.728. The monoisotopic (exact) mass is 358 g/mol. The molecule has 0 bridgehead atoms. The molecule has 1 fully saturated rings. The molecule has 2 aromatic rings. The fourth-order valence-electron chi connectivity index (χ4n) is 2.91. The van der Waals surface area contributed by atoms with Crippen molar-refractivity contribution in [2.75, 3.05) is 26.8 Å². The first-order valence-corrected chi connectivity index (χ1v) is 8.51. The molecule has 1 aliphatic rings. The predicted octanol–water partition coefficient (Wildman–Crippen LogP) is 1.83. The van der Waals surface area contributed by atoms with E-state index in [2.05, 4.69) is 5.32 Å². The maximum absolute atomic E-state index is 12.3. The number of nitrogens with zero attached hydrogens (tertiary/aromatic N) is 1. The van der Waals surface area contributed by atoms with Crippen molar-refractivity contribution >= 4 is 11.8 Å². The molecule has 0 aliphatic carbocycles. The van der Waals surface area contributed by atoms with Crippen LogP contribution in [0.15, 0.2) is 47.1 Å². The number of para-hydroxylation sites is 2. The highest BCUT2D eigenvalue weighted by Gasteiger charge is 2.34. The maximum Gasteiger partial charge on any atom is 0.225 e.